The molecule has 1 aliphatic heterocycles. The van der Waals surface area contributed by atoms with E-state index in [2.05, 4.69) is 43.4 Å². The summed E-state index contributed by atoms with van der Waals surface area (Å²) in [5, 5.41) is 3.06. The number of hydrogen-bond donors (Lipinski definition) is 1. The van der Waals surface area contributed by atoms with Crippen LogP contribution in [0.1, 0.15) is 22.3 Å². The van der Waals surface area contributed by atoms with Crippen LogP contribution in [-0.2, 0) is 11.2 Å². The van der Waals surface area contributed by atoms with Gasteiger partial charge in [-0.3, -0.25) is 4.79 Å². The van der Waals surface area contributed by atoms with Crippen molar-refractivity contribution in [1.82, 2.24) is 0 Å². The molecule has 2 aromatic rings. The molecule has 1 heterocycles. The Labute approximate surface area is 130 Å². The number of aryl methyl sites for hydroxylation is 2. The monoisotopic (exact) mass is 297 g/mol. The predicted octanol–water partition coefficient (Wildman–Crippen LogP) is 4.27. The minimum absolute atomic E-state index is 0.0262. The summed E-state index contributed by atoms with van der Waals surface area (Å²) in [5.74, 6) is 0.0996. The maximum Gasteiger partial charge on any atom is 0.238 e. The summed E-state index contributed by atoms with van der Waals surface area (Å²) in [6.07, 6.45) is 0.816. The molecule has 0 aliphatic carbocycles. The topological polar surface area (TPSA) is 29.1 Å². The maximum atomic E-state index is 12.5. The van der Waals surface area contributed by atoms with Gasteiger partial charge in [-0.1, -0.05) is 29.8 Å². The van der Waals surface area contributed by atoms with Crippen molar-refractivity contribution >= 4 is 23.4 Å². The minimum Gasteiger partial charge on any atom is -0.325 e. The number of carbonyl (C=O) groups excluding carboxylic acids is 1. The first-order valence-electron chi connectivity index (χ1n) is 7.18. The third kappa shape index (κ3) is 2.84. The van der Waals surface area contributed by atoms with Gasteiger partial charge < -0.3 is 5.32 Å². The lowest BCUT2D eigenvalue weighted by atomic mass is 10.1. The van der Waals surface area contributed by atoms with Crippen LogP contribution in [0.25, 0.3) is 0 Å². The zero-order valence-corrected chi connectivity index (χ0v) is 13.4. The largest absolute Gasteiger partial charge is 0.325 e. The second-order valence-corrected chi connectivity index (χ2v) is 6.90. The highest BCUT2D eigenvalue weighted by Gasteiger charge is 2.28. The molecular weight excluding hydrogens is 278 g/mol. The number of amides is 1. The molecule has 108 valence electrons. The average Bonchev–Trinajstić information content (AvgIpc) is 2.87. The van der Waals surface area contributed by atoms with Crippen LogP contribution < -0.4 is 5.32 Å². The van der Waals surface area contributed by atoms with Gasteiger partial charge in [0.1, 0.15) is 0 Å². The molecular formula is C18H19NOS. The van der Waals surface area contributed by atoms with E-state index in [-0.39, 0.29) is 11.2 Å². The Kier molecular flexibility index (Phi) is 3.77. The fourth-order valence-electron chi connectivity index (χ4n) is 2.58. The molecule has 1 atom stereocenters. The van der Waals surface area contributed by atoms with Gasteiger partial charge in [-0.05, 0) is 56.0 Å². The van der Waals surface area contributed by atoms with E-state index in [0.29, 0.717) is 0 Å². The van der Waals surface area contributed by atoms with Gasteiger partial charge in [0.05, 0.1) is 5.25 Å². The number of thioether (sulfide) groups is 1. The Bertz CT molecular complexity index is 708. The van der Waals surface area contributed by atoms with Crippen LogP contribution in [0.3, 0.4) is 0 Å². The van der Waals surface area contributed by atoms with E-state index >= 15 is 0 Å². The standard InChI is InChI=1S/C18H19NOS/c1-11-7-8-14-10-17(21-16(14)9-11)18(20)19-15-6-4-5-12(2)13(15)3/h4-9,17H,10H2,1-3H3,(H,19,20). The number of rotatable bonds is 2. The lowest BCUT2D eigenvalue weighted by Gasteiger charge is -2.13. The maximum absolute atomic E-state index is 12.5. The summed E-state index contributed by atoms with van der Waals surface area (Å²) in [5.41, 5.74) is 5.80. The van der Waals surface area contributed by atoms with Gasteiger partial charge in [0.15, 0.2) is 0 Å². The first kappa shape index (κ1) is 14.2. The highest BCUT2D eigenvalue weighted by Crippen LogP contribution is 2.38. The zero-order valence-electron chi connectivity index (χ0n) is 12.6. The van der Waals surface area contributed by atoms with E-state index in [0.717, 1.165) is 17.7 Å². The SMILES string of the molecule is Cc1ccc2c(c1)SC(C(=O)Nc1cccc(C)c1C)C2. The Balaban J connectivity index is 1.75. The second kappa shape index (κ2) is 5.57. The van der Waals surface area contributed by atoms with Crippen molar-refractivity contribution in [2.75, 3.05) is 5.32 Å². The molecule has 2 nitrogen and oxygen atoms in total. The highest BCUT2D eigenvalue weighted by molar-refractivity contribution is 8.01. The van der Waals surface area contributed by atoms with E-state index < -0.39 is 0 Å². The van der Waals surface area contributed by atoms with E-state index in [4.69, 9.17) is 0 Å². The summed E-state index contributed by atoms with van der Waals surface area (Å²) in [6, 6.07) is 12.4. The molecule has 0 bridgehead atoms. The number of nitrogens with one attached hydrogen (secondary N) is 1. The van der Waals surface area contributed by atoms with E-state index in [1.54, 1.807) is 11.8 Å². The van der Waals surface area contributed by atoms with Gasteiger partial charge in [-0.2, -0.15) is 0 Å². The van der Waals surface area contributed by atoms with Gasteiger partial charge in [0.25, 0.3) is 0 Å². The third-order valence-electron chi connectivity index (χ3n) is 4.05. The number of hydrogen-bond acceptors (Lipinski definition) is 2. The second-order valence-electron chi connectivity index (χ2n) is 5.66. The summed E-state index contributed by atoms with van der Waals surface area (Å²) in [4.78, 5) is 13.7. The lowest BCUT2D eigenvalue weighted by Crippen LogP contribution is -2.25. The van der Waals surface area contributed by atoms with Crippen LogP contribution in [0.5, 0.6) is 0 Å². The molecule has 1 unspecified atom stereocenters. The van der Waals surface area contributed by atoms with Gasteiger partial charge in [-0.25, -0.2) is 0 Å². The van der Waals surface area contributed by atoms with Crippen LogP contribution in [0, 0.1) is 20.8 Å². The fraction of sp³-hybridized carbons (Fsp3) is 0.278. The molecule has 1 aliphatic rings. The van der Waals surface area contributed by atoms with Crippen molar-refractivity contribution in [3.63, 3.8) is 0 Å². The Hall–Kier alpha value is -1.74. The van der Waals surface area contributed by atoms with Crippen LogP contribution in [-0.4, -0.2) is 11.2 Å². The molecule has 0 aromatic heterocycles. The Morgan fingerprint density at radius 3 is 2.81 bits per heavy atom. The molecule has 0 radical (unpaired) electrons. The number of anilines is 1. The summed E-state index contributed by atoms with van der Waals surface area (Å²) >= 11 is 1.68. The van der Waals surface area contributed by atoms with Gasteiger partial charge >= 0.3 is 0 Å². The van der Waals surface area contributed by atoms with Gasteiger partial charge in [0.2, 0.25) is 5.91 Å². The number of benzene rings is 2. The Morgan fingerprint density at radius 2 is 2.00 bits per heavy atom. The molecule has 21 heavy (non-hydrogen) atoms. The normalized spacial score (nSPS) is 16.6. The van der Waals surface area contributed by atoms with Crippen LogP contribution >= 0.6 is 11.8 Å². The zero-order chi connectivity index (χ0) is 15.0. The molecule has 1 amide bonds. The predicted molar refractivity (Wildman–Crippen MR) is 89.1 cm³/mol. The first-order valence-corrected chi connectivity index (χ1v) is 8.06. The molecule has 0 saturated carbocycles. The van der Waals surface area contributed by atoms with E-state index in [9.17, 15) is 4.79 Å². The Morgan fingerprint density at radius 1 is 1.19 bits per heavy atom. The van der Waals surface area contributed by atoms with E-state index in [1.165, 1.54) is 21.6 Å². The van der Waals surface area contributed by atoms with E-state index in [1.807, 2.05) is 19.1 Å². The van der Waals surface area contributed by atoms with Gasteiger partial charge in [-0.15, -0.1) is 11.8 Å². The van der Waals surface area contributed by atoms with Crippen molar-refractivity contribution < 1.29 is 4.79 Å². The van der Waals surface area contributed by atoms with Crippen molar-refractivity contribution in [3.8, 4) is 0 Å². The van der Waals surface area contributed by atoms with Gasteiger partial charge in [0, 0.05) is 10.6 Å². The molecule has 0 saturated heterocycles. The average molecular weight is 297 g/mol. The molecule has 0 fully saturated rings. The molecule has 1 N–H and O–H groups in total. The van der Waals surface area contributed by atoms with Crippen LogP contribution in [0.4, 0.5) is 5.69 Å². The quantitative estimate of drug-likeness (QED) is 0.897. The molecule has 2 aromatic carbocycles. The van der Waals surface area contributed by atoms with Crippen molar-refractivity contribution in [3.05, 3.63) is 58.7 Å². The lowest BCUT2D eigenvalue weighted by molar-refractivity contribution is -0.115. The summed E-state index contributed by atoms with van der Waals surface area (Å²) < 4.78 is 0. The molecule has 3 heteroatoms. The number of carbonyl (C=O) groups is 1. The van der Waals surface area contributed by atoms with Crippen molar-refractivity contribution in [2.45, 2.75) is 37.3 Å². The minimum atomic E-state index is -0.0262. The summed E-state index contributed by atoms with van der Waals surface area (Å²) in [7, 11) is 0. The molecule has 3 rings (SSSR count). The fourth-order valence-corrected chi connectivity index (χ4v) is 3.87. The molecule has 0 spiro atoms. The van der Waals surface area contributed by atoms with Crippen molar-refractivity contribution in [2.24, 2.45) is 0 Å². The third-order valence-corrected chi connectivity index (χ3v) is 5.35. The van der Waals surface area contributed by atoms with Crippen LogP contribution in [0.2, 0.25) is 0 Å². The summed E-state index contributed by atoms with van der Waals surface area (Å²) in [6.45, 7) is 6.20. The van der Waals surface area contributed by atoms with Crippen LogP contribution in [0.15, 0.2) is 41.3 Å². The smallest absolute Gasteiger partial charge is 0.238 e. The number of fused-ring (bicyclic) bond motifs is 1. The van der Waals surface area contributed by atoms with Crippen molar-refractivity contribution in [1.29, 1.82) is 0 Å². The highest BCUT2D eigenvalue weighted by atomic mass is 32.2. The first-order chi connectivity index (χ1) is 10.0.